The number of aromatic nitrogens is 1. The minimum absolute atomic E-state index is 0.596. The van der Waals surface area contributed by atoms with E-state index in [1.807, 2.05) is 18.2 Å². The first-order valence-electron chi connectivity index (χ1n) is 4.25. The molecule has 0 radical (unpaired) electrons. The molecular formula is C9H8F4N2OS. The molecule has 0 aliphatic carbocycles. The van der Waals surface area contributed by atoms with Crippen molar-refractivity contribution < 1.29 is 22.3 Å². The number of halogens is 4. The summed E-state index contributed by atoms with van der Waals surface area (Å²) in [5.41, 5.74) is 6.48. The van der Waals surface area contributed by atoms with Crippen molar-refractivity contribution in [2.75, 3.05) is 12.8 Å². The molecule has 0 fully saturated rings. The summed E-state index contributed by atoms with van der Waals surface area (Å²) in [6, 6.07) is 5.71. The molecular weight excluding hydrogens is 260 g/mol. The molecule has 0 aliphatic rings. The summed E-state index contributed by atoms with van der Waals surface area (Å²) < 4.78 is 44.9. The average Bonchev–Trinajstić information content (AvgIpc) is 2.53. The van der Waals surface area contributed by atoms with Crippen molar-refractivity contribution in [3.8, 4) is 5.75 Å². The largest absolute Gasteiger partial charge is 0.559 e. The fourth-order valence-corrected chi connectivity index (χ4v) is 1.81. The van der Waals surface area contributed by atoms with Gasteiger partial charge in [0.05, 0.1) is 17.3 Å². The van der Waals surface area contributed by atoms with E-state index in [0.29, 0.717) is 5.13 Å². The highest BCUT2D eigenvalue weighted by molar-refractivity contribution is 7.22. The Kier molecular flexibility index (Phi) is 4.11. The summed E-state index contributed by atoms with van der Waals surface area (Å²) >= 11 is 1.47. The van der Waals surface area contributed by atoms with E-state index in [4.69, 9.17) is 10.5 Å². The number of nitrogens with zero attached hydrogens (tertiary/aromatic N) is 1. The Labute approximate surface area is 97.8 Å². The number of rotatable bonds is 1. The van der Waals surface area contributed by atoms with Crippen LogP contribution >= 0.6 is 11.3 Å². The molecule has 1 aromatic carbocycles. The van der Waals surface area contributed by atoms with Crippen LogP contribution < -0.4 is 10.5 Å². The zero-order valence-corrected chi connectivity index (χ0v) is 9.40. The molecule has 0 saturated carbocycles. The van der Waals surface area contributed by atoms with Crippen LogP contribution in [0.5, 0.6) is 5.75 Å². The third-order valence-electron chi connectivity index (χ3n) is 1.61. The van der Waals surface area contributed by atoms with Crippen molar-refractivity contribution in [3.05, 3.63) is 18.2 Å². The summed E-state index contributed by atoms with van der Waals surface area (Å²) in [7, 11) is 1.64. The van der Waals surface area contributed by atoms with E-state index in [1.165, 1.54) is 11.3 Å². The van der Waals surface area contributed by atoms with Crippen LogP contribution in [0.1, 0.15) is 0 Å². The van der Waals surface area contributed by atoms with Gasteiger partial charge in [0.25, 0.3) is 0 Å². The topological polar surface area (TPSA) is 48.1 Å². The zero-order chi connectivity index (χ0) is 13.1. The van der Waals surface area contributed by atoms with Crippen molar-refractivity contribution in [2.45, 2.75) is 6.43 Å². The van der Waals surface area contributed by atoms with E-state index in [2.05, 4.69) is 4.98 Å². The van der Waals surface area contributed by atoms with E-state index >= 15 is 0 Å². The summed E-state index contributed by atoms with van der Waals surface area (Å²) in [4.78, 5) is 4.13. The first kappa shape index (κ1) is 13.5. The van der Waals surface area contributed by atoms with E-state index in [9.17, 15) is 17.6 Å². The van der Waals surface area contributed by atoms with Gasteiger partial charge in [-0.3, -0.25) is 0 Å². The van der Waals surface area contributed by atoms with Crippen molar-refractivity contribution in [3.63, 3.8) is 0 Å². The lowest BCUT2D eigenvalue weighted by Crippen LogP contribution is -1.92. The molecule has 1 heterocycles. The molecule has 2 aromatic rings. The molecule has 0 saturated heterocycles. The summed E-state index contributed by atoms with van der Waals surface area (Å²) in [5.74, 6) is 0.839. The fraction of sp³-hybridized carbons (Fsp3) is 0.222. The number of hydrogen-bond acceptors (Lipinski definition) is 4. The Morgan fingerprint density at radius 2 is 1.88 bits per heavy atom. The van der Waals surface area contributed by atoms with Gasteiger partial charge in [-0.2, -0.15) is 0 Å². The van der Waals surface area contributed by atoms with E-state index in [-0.39, 0.29) is 0 Å². The van der Waals surface area contributed by atoms with Crippen LogP contribution in [0, 0.1) is 0 Å². The number of fused-ring (bicyclic) bond motifs is 1. The molecule has 0 amide bonds. The first-order valence-corrected chi connectivity index (χ1v) is 5.07. The van der Waals surface area contributed by atoms with Crippen molar-refractivity contribution >= 4 is 26.7 Å². The molecule has 0 bridgehead atoms. The molecule has 94 valence electrons. The van der Waals surface area contributed by atoms with Crippen molar-refractivity contribution in [1.29, 1.82) is 0 Å². The van der Waals surface area contributed by atoms with E-state index in [0.717, 1.165) is 16.0 Å². The standard InChI is InChI=1S/C8H8N2OS.CF4/c1-11-5-2-3-6-7(4-5)12-8(9)10-6;2-1(3,4)5/h2-4H,1H3,(H2,9,10);. The van der Waals surface area contributed by atoms with Gasteiger partial charge < -0.3 is 10.5 Å². The smallest absolute Gasteiger partial charge is 0.497 e. The zero-order valence-electron chi connectivity index (χ0n) is 8.58. The van der Waals surface area contributed by atoms with Crippen LogP contribution in [0.3, 0.4) is 0 Å². The third-order valence-corrected chi connectivity index (χ3v) is 2.46. The lowest BCUT2D eigenvalue weighted by atomic mass is 10.3. The van der Waals surface area contributed by atoms with Gasteiger partial charge in [-0.25, -0.2) is 4.98 Å². The number of hydrogen-bond donors (Lipinski definition) is 1. The van der Waals surface area contributed by atoms with Gasteiger partial charge in [0, 0.05) is 0 Å². The number of thiazole rings is 1. The highest BCUT2D eigenvalue weighted by Crippen LogP contribution is 2.27. The average molecular weight is 268 g/mol. The predicted octanol–water partition coefficient (Wildman–Crippen LogP) is 3.36. The normalized spacial score (nSPS) is 10.9. The highest BCUT2D eigenvalue weighted by atomic mass is 32.1. The Balaban J connectivity index is 0.000000249. The maximum absolute atomic E-state index is 9.69. The van der Waals surface area contributed by atoms with Crippen LogP contribution in [0.15, 0.2) is 18.2 Å². The summed E-state index contributed by atoms with van der Waals surface area (Å²) in [5, 5.41) is 0.596. The molecule has 0 aliphatic heterocycles. The number of nitrogen functional groups attached to an aromatic ring is 1. The Morgan fingerprint density at radius 3 is 2.41 bits per heavy atom. The molecule has 3 nitrogen and oxygen atoms in total. The molecule has 17 heavy (non-hydrogen) atoms. The van der Waals surface area contributed by atoms with Crippen molar-refractivity contribution in [1.82, 2.24) is 4.98 Å². The van der Waals surface area contributed by atoms with Gasteiger partial charge in [-0.05, 0) is 18.2 Å². The fourth-order valence-electron chi connectivity index (χ4n) is 1.05. The van der Waals surface area contributed by atoms with Gasteiger partial charge >= 0.3 is 6.43 Å². The minimum Gasteiger partial charge on any atom is -0.497 e. The van der Waals surface area contributed by atoms with Gasteiger partial charge in [0.15, 0.2) is 5.13 Å². The maximum atomic E-state index is 9.69. The quantitative estimate of drug-likeness (QED) is 0.807. The molecule has 0 atom stereocenters. The third kappa shape index (κ3) is 4.85. The van der Waals surface area contributed by atoms with Gasteiger partial charge in [0.1, 0.15) is 5.75 Å². The number of alkyl halides is 4. The van der Waals surface area contributed by atoms with Gasteiger partial charge in [0.2, 0.25) is 0 Å². The summed E-state index contributed by atoms with van der Waals surface area (Å²) in [6.45, 7) is 0. The highest BCUT2D eigenvalue weighted by Gasteiger charge is 2.24. The number of benzene rings is 1. The lowest BCUT2D eigenvalue weighted by Gasteiger charge is -1.96. The van der Waals surface area contributed by atoms with Crippen LogP contribution in [-0.4, -0.2) is 18.5 Å². The van der Waals surface area contributed by atoms with Crippen LogP contribution in [-0.2, 0) is 0 Å². The number of ether oxygens (including phenoxy) is 1. The molecule has 8 heteroatoms. The summed E-state index contributed by atoms with van der Waals surface area (Å²) in [6.07, 6.45) is -5.50. The number of anilines is 1. The Hall–Kier alpha value is -1.57. The second-order valence-corrected chi connectivity index (χ2v) is 3.88. The van der Waals surface area contributed by atoms with Crippen LogP contribution in [0.2, 0.25) is 0 Å². The minimum atomic E-state index is -5.50. The molecule has 0 spiro atoms. The lowest BCUT2D eigenvalue weighted by molar-refractivity contribution is -0.237. The molecule has 2 N–H and O–H groups in total. The molecule has 1 aromatic heterocycles. The molecule has 0 unspecified atom stereocenters. The van der Waals surface area contributed by atoms with Gasteiger partial charge in [-0.1, -0.05) is 11.3 Å². The monoisotopic (exact) mass is 268 g/mol. The Bertz CT molecular complexity index is 491. The van der Waals surface area contributed by atoms with Gasteiger partial charge in [-0.15, -0.1) is 17.6 Å². The maximum Gasteiger partial charge on any atom is 0.559 e. The van der Waals surface area contributed by atoms with E-state index < -0.39 is 6.43 Å². The van der Waals surface area contributed by atoms with Crippen LogP contribution in [0.25, 0.3) is 10.2 Å². The van der Waals surface area contributed by atoms with E-state index in [1.54, 1.807) is 7.11 Å². The second-order valence-electron chi connectivity index (χ2n) is 2.81. The molecule has 2 rings (SSSR count). The SMILES string of the molecule is COc1ccc2nc(N)sc2c1.FC(F)(F)F. The predicted molar refractivity (Wildman–Crippen MR) is 57.7 cm³/mol. The van der Waals surface area contributed by atoms with Crippen molar-refractivity contribution in [2.24, 2.45) is 0 Å². The van der Waals surface area contributed by atoms with Crippen LogP contribution in [0.4, 0.5) is 22.7 Å². The number of methoxy groups -OCH3 is 1. The number of nitrogens with two attached hydrogens (primary N) is 1. The Morgan fingerprint density at radius 1 is 1.29 bits per heavy atom. The second kappa shape index (κ2) is 5.17. The first-order chi connectivity index (χ1) is 7.79.